The van der Waals surface area contributed by atoms with Gasteiger partial charge in [-0.15, -0.1) is 0 Å². The summed E-state index contributed by atoms with van der Waals surface area (Å²) in [5.74, 6) is -3.57. The van der Waals surface area contributed by atoms with E-state index in [2.05, 4.69) is 15.3 Å². The molecule has 8 nitrogen and oxygen atoms in total. The quantitative estimate of drug-likeness (QED) is 0.441. The Morgan fingerprint density at radius 3 is 2.52 bits per heavy atom. The Balaban J connectivity index is 1.53. The number of pyridine rings is 2. The number of carbonyl (C=O) groups is 2. The van der Waals surface area contributed by atoms with E-state index >= 15 is 8.78 Å². The molecule has 1 atom stereocenters. The molecule has 3 aromatic rings. The number of nitrogens with one attached hydrogen (secondary N) is 1. The van der Waals surface area contributed by atoms with Crippen LogP contribution < -0.4 is 10.2 Å². The maximum absolute atomic E-state index is 16.3. The summed E-state index contributed by atoms with van der Waals surface area (Å²) in [6.07, 6.45) is 2.02. The first-order valence-corrected chi connectivity index (χ1v) is 13.0. The average molecular weight is 574 g/mol. The number of hydrogen-bond acceptors (Lipinski definition) is 6. The van der Waals surface area contributed by atoms with Crippen molar-refractivity contribution >= 4 is 35.2 Å². The smallest absolute Gasteiger partial charge is 0.410 e. The minimum Gasteiger partial charge on any atom is -0.444 e. The molecule has 0 bridgehead atoms. The fourth-order valence-electron chi connectivity index (χ4n) is 5.04. The van der Waals surface area contributed by atoms with Crippen molar-refractivity contribution in [3.8, 4) is 0 Å². The lowest BCUT2D eigenvalue weighted by Gasteiger charge is -2.43. The summed E-state index contributed by atoms with van der Waals surface area (Å²) >= 11 is 6.09. The van der Waals surface area contributed by atoms with Gasteiger partial charge >= 0.3 is 6.09 Å². The summed E-state index contributed by atoms with van der Waals surface area (Å²) in [5.41, 5.74) is -2.41. The van der Waals surface area contributed by atoms with Crippen molar-refractivity contribution in [1.29, 1.82) is 0 Å². The zero-order valence-corrected chi connectivity index (χ0v) is 23.0. The fourth-order valence-corrected chi connectivity index (χ4v) is 5.21. The van der Waals surface area contributed by atoms with Crippen LogP contribution in [0.15, 0.2) is 42.7 Å². The third kappa shape index (κ3) is 4.83. The Morgan fingerprint density at radius 1 is 1.12 bits per heavy atom. The molecule has 1 saturated heterocycles. The maximum Gasteiger partial charge on any atom is 0.410 e. The molecule has 1 N–H and O–H groups in total. The molecule has 2 amide bonds. The van der Waals surface area contributed by atoms with E-state index in [0.717, 1.165) is 11.0 Å². The molecule has 2 aliphatic heterocycles. The van der Waals surface area contributed by atoms with E-state index < -0.39 is 40.5 Å². The largest absolute Gasteiger partial charge is 0.444 e. The highest BCUT2D eigenvalue weighted by Gasteiger charge is 2.47. The monoisotopic (exact) mass is 573 g/mol. The Hall–Kier alpha value is -3.86. The maximum atomic E-state index is 16.3. The summed E-state index contributed by atoms with van der Waals surface area (Å²) in [7, 11) is 0. The topological polar surface area (TPSA) is 87.7 Å². The van der Waals surface area contributed by atoms with Crippen LogP contribution in [0.1, 0.15) is 49.2 Å². The molecule has 0 radical (unpaired) electrons. The lowest BCUT2D eigenvalue weighted by molar-refractivity contribution is 0.0104. The zero-order chi connectivity index (χ0) is 29.0. The first kappa shape index (κ1) is 27.7. The number of rotatable bonds is 4. The molecule has 2 aromatic heterocycles. The number of amides is 2. The van der Waals surface area contributed by atoms with E-state index in [1.165, 1.54) is 41.6 Å². The zero-order valence-electron chi connectivity index (χ0n) is 22.3. The Morgan fingerprint density at radius 2 is 1.85 bits per heavy atom. The summed E-state index contributed by atoms with van der Waals surface area (Å²) < 4.78 is 51.8. The van der Waals surface area contributed by atoms with Crippen molar-refractivity contribution in [2.24, 2.45) is 0 Å². The first-order chi connectivity index (χ1) is 18.8. The van der Waals surface area contributed by atoms with Gasteiger partial charge in [0.25, 0.3) is 5.91 Å². The number of nitrogens with zero attached hydrogens (tertiary/aromatic N) is 4. The van der Waals surface area contributed by atoms with Gasteiger partial charge in [-0.2, -0.15) is 0 Å². The molecule has 0 saturated carbocycles. The van der Waals surface area contributed by atoms with Crippen molar-refractivity contribution in [3.63, 3.8) is 0 Å². The Kier molecular flexibility index (Phi) is 6.89. The van der Waals surface area contributed by atoms with Crippen LogP contribution in [0.4, 0.5) is 29.6 Å². The van der Waals surface area contributed by atoms with Crippen LogP contribution in [-0.4, -0.2) is 58.1 Å². The highest BCUT2D eigenvalue weighted by atomic mass is 35.5. The number of ether oxygens (including phenoxy) is 1. The number of carbonyl (C=O) groups excluding carboxylic acids is 2. The van der Waals surface area contributed by atoms with Crippen molar-refractivity contribution in [3.05, 3.63) is 81.9 Å². The van der Waals surface area contributed by atoms with Gasteiger partial charge in [-0.25, -0.2) is 27.9 Å². The second kappa shape index (κ2) is 9.96. The highest BCUT2D eigenvalue weighted by molar-refractivity contribution is 6.30. The number of aromatic nitrogens is 2. The van der Waals surface area contributed by atoms with E-state index in [9.17, 15) is 14.0 Å². The summed E-state index contributed by atoms with van der Waals surface area (Å²) in [6.45, 7) is 7.02. The number of halogens is 4. The van der Waals surface area contributed by atoms with Crippen LogP contribution in [0.25, 0.3) is 0 Å². The van der Waals surface area contributed by atoms with Crippen molar-refractivity contribution in [2.75, 3.05) is 29.9 Å². The van der Waals surface area contributed by atoms with Gasteiger partial charge in [0.1, 0.15) is 11.4 Å². The van der Waals surface area contributed by atoms with Gasteiger partial charge in [0, 0.05) is 48.6 Å². The van der Waals surface area contributed by atoms with Crippen molar-refractivity contribution in [2.45, 2.75) is 44.8 Å². The lowest BCUT2D eigenvalue weighted by atomic mass is 9.71. The van der Waals surface area contributed by atoms with Crippen molar-refractivity contribution < 1.29 is 27.5 Å². The molecule has 0 aliphatic carbocycles. The van der Waals surface area contributed by atoms with Crippen LogP contribution >= 0.6 is 11.6 Å². The molecule has 4 heterocycles. The molecule has 5 rings (SSSR count). The first-order valence-electron chi connectivity index (χ1n) is 12.6. The predicted molar refractivity (Wildman–Crippen MR) is 143 cm³/mol. The SMILES string of the molecule is CC(C)(C)OC(=O)N1CC(Nc2ncc3c(c2F)[C@@](C)(c2cccc(Cl)c2F)CN(c2ncccc2F)C3=O)C1. The lowest BCUT2D eigenvalue weighted by Crippen LogP contribution is -2.58. The third-order valence-electron chi connectivity index (χ3n) is 6.94. The van der Waals surface area contributed by atoms with Crippen LogP contribution in [0.5, 0.6) is 0 Å². The molecule has 2 aliphatic rings. The van der Waals surface area contributed by atoms with Gasteiger partial charge in [0.2, 0.25) is 0 Å². The molecule has 210 valence electrons. The minimum atomic E-state index is -1.51. The molecule has 1 aromatic carbocycles. The van der Waals surface area contributed by atoms with Gasteiger partial charge in [0.15, 0.2) is 23.3 Å². The van der Waals surface area contributed by atoms with Crippen LogP contribution in [0, 0.1) is 17.5 Å². The van der Waals surface area contributed by atoms with Gasteiger partial charge in [-0.1, -0.05) is 23.7 Å². The summed E-state index contributed by atoms with van der Waals surface area (Å²) in [5, 5.41) is 2.79. The number of anilines is 2. The second-order valence-corrected chi connectivity index (χ2v) is 11.5. The van der Waals surface area contributed by atoms with E-state index in [0.29, 0.717) is 0 Å². The molecule has 1 fully saturated rings. The number of benzene rings is 1. The number of fused-ring (bicyclic) bond motifs is 1. The fraction of sp³-hybridized carbons (Fsp3) is 0.357. The van der Waals surface area contributed by atoms with E-state index in [-0.39, 0.29) is 59.0 Å². The Bertz CT molecular complexity index is 1510. The minimum absolute atomic E-state index is 0.0193. The van der Waals surface area contributed by atoms with E-state index in [1.54, 1.807) is 27.7 Å². The van der Waals surface area contributed by atoms with Crippen LogP contribution in [-0.2, 0) is 10.2 Å². The standard InChI is InChI=1S/C28H27ClF3N5O3/c1-27(2,3)40-26(39)36-12-15(13-36)35-23-22(32)20-16(11-34-23)25(38)37(24-19(30)9-6-10-33-24)14-28(20,4)17-7-5-8-18(29)21(17)31/h5-11,15H,12-14H2,1-4H3,(H,34,35)/t28-/m1/s1. The summed E-state index contributed by atoms with van der Waals surface area (Å²) in [4.78, 5) is 36.5. The highest BCUT2D eigenvalue weighted by Crippen LogP contribution is 2.45. The molecule has 40 heavy (non-hydrogen) atoms. The van der Waals surface area contributed by atoms with Gasteiger partial charge in [-0.05, 0) is 45.9 Å². The predicted octanol–water partition coefficient (Wildman–Crippen LogP) is 5.54. The molecular weight excluding hydrogens is 547 g/mol. The third-order valence-corrected chi connectivity index (χ3v) is 7.23. The average Bonchev–Trinajstić information content (AvgIpc) is 2.85. The van der Waals surface area contributed by atoms with Gasteiger partial charge in [0.05, 0.1) is 16.6 Å². The Labute approximate surface area is 234 Å². The van der Waals surface area contributed by atoms with E-state index in [4.69, 9.17) is 16.3 Å². The molecular formula is C28H27ClF3N5O3. The molecule has 12 heteroatoms. The second-order valence-electron chi connectivity index (χ2n) is 11.1. The van der Waals surface area contributed by atoms with Gasteiger partial charge < -0.3 is 15.0 Å². The number of likely N-dealkylation sites (tertiary alicyclic amines) is 1. The van der Waals surface area contributed by atoms with Crippen LogP contribution in [0.3, 0.4) is 0 Å². The number of hydrogen-bond donors (Lipinski definition) is 1. The van der Waals surface area contributed by atoms with Crippen molar-refractivity contribution in [1.82, 2.24) is 14.9 Å². The summed E-state index contributed by atoms with van der Waals surface area (Å²) in [6, 6.07) is 6.52. The van der Waals surface area contributed by atoms with E-state index in [1.807, 2.05) is 0 Å². The normalized spacial score (nSPS) is 19.2. The molecule has 0 unspecified atom stereocenters. The van der Waals surface area contributed by atoms with Crippen LogP contribution in [0.2, 0.25) is 5.02 Å². The van der Waals surface area contributed by atoms with Gasteiger partial charge in [-0.3, -0.25) is 9.69 Å². The molecule has 0 spiro atoms.